The van der Waals surface area contributed by atoms with E-state index < -0.39 is 0 Å². The van der Waals surface area contributed by atoms with Gasteiger partial charge in [-0.05, 0) is 30.3 Å². The minimum atomic E-state index is -0.197. The van der Waals surface area contributed by atoms with Gasteiger partial charge in [-0.25, -0.2) is 9.97 Å². The molecule has 5 rings (SSSR count). The van der Waals surface area contributed by atoms with E-state index in [4.69, 9.17) is 23.2 Å². The van der Waals surface area contributed by atoms with E-state index in [-0.39, 0.29) is 5.91 Å². The Hall–Kier alpha value is -1.81. The maximum absolute atomic E-state index is 12.7. The lowest BCUT2D eigenvalue weighted by molar-refractivity contribution is 0.103. The zero-order chi connectivity index (χ0) is 20.0. The average molecular weight is 494 g/mol. The van der Waals surface area contributed by atoms with Crippen LogP contribution in [0.25, 0.3) is 31.4 Å². The lowest BCUT2D eigenvalue weighted by Gasteiger charge is -1.98. The van der Waals surface area contributed by atoms with Crippen molar-refractivity contribution in [2.75, 3.05) is 5.32 Å². The van der Waals surface area contributed by atoms with Gasteiger partial charge in [-0.15, -0.1) is 45.3 Å². The fourth-order valence-electron chi connectivity index (χ4n) is 2.68. The maximum Gasteiger partial charge on any atom is 0.267 e. The Labute approximate surface area is 191 Å². The van der Waals surface area contributed by atoms with E-state index in [2.05, 4.69) is 15.3 Å². The molecule has 29 heavy (non-hydrogen) atoms. The van der Waals surface area contributed by atoms with Crippen LogP contribution in [0.4, 0.5) is 5.13 Å². The van der Waals surface area contributed by atoms with Crippen LogP contribution in [0.3, 0.4) is 0 Å². The van der Waals surface area contributed by atoms with Crippen molar-refractivity contribution in [2.45, 2.75) is 0 Å². The van der Waals surface area contributed by atoms with E-state index in [0.717, 1.165) is 25.7 Å². The van der Waals surface area contributed by atoms with Crippen LogP contribution in [0.2, 0.25) is 8.67 Å². The maximum atomic E-state index is 12.7. The SMILES string of the molecule is O=C(Nc1nc(-c2cc(Cl)sc2Cl)cs1)c1ccc(-c2nc3ccccc3s2)s1. The van der Waals surface area contributed by atoms with Crippen LogP contribution in [-0.2, 0) is 0 Å². The Bertz CT molecular complexity index is 1320. The lowest BCUT2D eigenvalue weighted by Crippen LogP contribution is -2.09. The molecule has 0 bridgehead atoms. The van der Waals surface area contributed by atoms with Gasteiger partial charge in [0.1, 0.15) is 9.34 Å². The van der Waals surface area contributed by atoms with Crippen LogP contribution >= 0.6 is 68.5 Å². The molecule has 1 N–H and O–H groups in total. The summed E-state index contributed by atoms with van der Waals surface area (Å²) in [5.74, 6) is -0.197. The van der Waals surface area contributed by atoms with Crippen LogP contribution in [0, 0.1) is 0 Å². The van der Waals surface area contributed by atoms with E-state index in [9.17, 15) is 4.79 Å². The molecule has 4 aromatic heterocycles. The molecule has 5 aromatic rings. The highest BCUT2D eigenvalue weighted by atomic mass is 35.5. The zero-order valence-electron chi connectivity index (χ0n) is 14.3. The van der Waals surface area contributed by atoms with Crippen molar-refractivity contribution in [3.05, 3.63) is 61.4 Å². The molecular formula is C19H9Cl2N3OS4. The van der Waals surface area contributed by atoms with E-state index in [1.807, 2.05) is 41.8 Å². The van der Waals surface area contributed by atoms with Gasteiger partial charge in [0.15, 0.2) is 5.13 Å². The fourth-order valence-corrected chi connectivity index (χ4v) is 6.79. The molecule has 0 saturated heterocycles. The third kappa shape index (κ3) is 3.84. The molecule has 0 unspecified atom stereocenters. The highest BCUT2D eigenvalue weighted by Gasteiger charge is 2.16. The molecule has 1 amide bonds. The number of amides is 1. The Morgan fingerprint density at radius 1 is 1.00 bits per heavy atom. The number of hydrogen-bond acceptors (Lipinski definition) is 7. The van der Waals surface area contributed by atoms with Crippen LogP contribution < -0.4 is 5.32 Å². The molecule has 0 aliphatic rings. The number of para-hydroxylation sites is 1. The van der Waals surface area contributed by atoms with Crippen LogP contribution in [0.15, 0.2) is 47.8 Å². The summed E-state index contributed by atoms with van der Waals surface area (Å²) in [6, 6.07) is 13.5. The van der Waals surface area contributed by atoms with E-state index >= 15 is 0 Å². The third-order valence-electron chi connectivity index (χ3n) is 3.99. The summed E-state index contributed by atoms with van der Waals surface area (Å²) in [7, 11) is 0. The quantitative estimate of drug-likeness (QED) is 0.278. The van der Waals surface area contributed by atoms with Crippen molar-refractivity contribution in [1.82, 2.24) is 9.97 Å². The number of thiophene rings is 2. The average Bonchev–Trinajstić information content (AvgIpc) is 3.47. The van der Waals surface area contributed by atoms with Crippen molar-refractivity contribution in [3.8, 4) is 21.1 Å². The first-order valence-corrected chi connectivity index (χ1v) is 12.3. The second-order valence-corrected chi connectivity index (χ2v) is 11.1. The topological polar surface area (TPSA) is 54.9 Å². The monoisotopic (exact) mass is 493 g/mol. The molecule has 4 nitrogen and oxygen atoms in total. The summed E-state index contributed by atoms with van der Waals surface area (Å²) in [6.07, 6.45) is 0. The Balaban J connectivity index is 1.35. The number of nitrogens with zero attached hydrogens (tertiary/aromatic N) is 2. The molecule has 0 aliphatic heterocycles. The number of aromatic nitrogens is 2. The zero-order valence-corrected chi connectivity index (χ0v) is 19.1. The standard InChI is InChI=1S/C19H9Cl2N3OS4/c20-15-7-9(16(21)29-15)11-8-26-19(23-11)24-17(25)13-5-6-14(27-13)18-22-10-3-1-2-4-12(10)28-18/h1-8H,(H,23,24,25). The van der Waals surface area contributed by atoms with E-state index in [1.165, 1.54) is 34.0 Å². The van der Waals surface area contributed by atoms with Gasteiger partial charge < -0.3 is 0 Å². The fraction of sp³-hybridized carbons (Fsp3) is 0. The Morgan fingerprint density at radius 2 is 1.86 bits per heavy atom. The van der Waals surface area contributed by atoms with Crippen molar-refractivity contribution in [2.24, 2.45) is 0 Å². The normalized spacial score (nSPS) is 11.2. The molecule has 0 aliphatic carbocycles. The minimum Gasteiger partial charge on any atom is -0.297 e. The Kier molecular flexibility index (Phi) is 5.15. The van der Waals surface area contributed by atoms with E-state index in [0.29, 0.717) is 24.4 Å². The number of halogens is 2. The number of benzene rings is 1. The second kappa shape index (κ2) is 7.79. The highest BCUT2D eigenvalue weighted by Crippen LogP contribution is 2.39. The molecule has 4 heterocycles. The van der Waals surface area contributed by atoms with Gasteiger partial charge in [-0.3, -0.25) is 10.1 Å². The number of nitrogens with one attached hydrogen (secondary N) is 1. The number of hydrogen-bond donors (Lipinski definition) is 1. The van der Waals surface area contributed by atoms with Crippen LogP contribution in [0.1, 0.15) is 9.67 Å². The van der Waals surface area contributed by atoms with Crippen molar-refractivity contribution in [1.29, 1.82) is 0 Å². The summed E-state index contributed by atoms with van der Waals surface area (Å²) >= 11 is 17.9. The van der Waals surface area contributed by atoms with Gasteiger partial charge in [0.05, 0.1) is 30.0 Å². The first-order chi connectivity index (χ1) is 14.1. The first-order valence-electron chi connectivity index (χ1n) is 8.25. The van der Waals surface area contributed by atoms with Crippen molar-refractivity contribution < 1.29 is 4.79 Å². The van der Waals surface area contributed by atoms with E-state index in [1.54, 1.807) is 17.4 Å². The predicted octanol–water partition coefficient (Wildman–Crippen LogP) is 7.77. The molecule has 0 radical (unpaired) electrons. The number of fused-ring (bicyclic) bond motifs is 1. The number of carbonyl (C=O) groups is 1. The largest absolute Gasteiger partial charge is 0.297 e. The molecule has 0 spiro atoms. The summed E-state index contributed by atoms with van der Waals surface area (Å²) < 4.78 is 2.31. The molecule has 1 aromatic carbocycles. The summed E-state index contributed by atoms with van der Waals surface area (Å²) in [5.41, 5.74) is 2.43. The lowest BCUT2D eigenvalue weighted by atomic mass is 10.3. The third-order valence-corrected chi connectivity index (χ3v) is 8.53. The van der Waals surface area contributed by atoms with Crippen molar-refractivity contribution >= 4 is 89.8 Å². The van der Waals surface area contributed by atoms with Gasteiger partial charge >= 0.3 is 0 Å². The molecule has 0 atom stereocenters. The van der Waals surface area contributed by atoms with Gasteiger partial charge in [0.2, 0.25) is 0 Å². The molecule has 0 fully saturated rings. The summed E-state index contributed by atoms with van der Waals surface area (Å²) in [6.45, 7) is 0. The molecule has 10 heteroatoms. The van der Waals surface area contributed by atoms with Gasteiger partial charge in [0, 0.05) is 10.9 Å². The van der Waals surface area contributed by atoms with Gasteiger partial charge in [-0.2, -0.15) is 0 Å². The summed E-state index contributed by atoms with van der Waals surface area (Å²) in [4.78, 5) is 23.3. The van der Waals surface area contributed by atoms with Gasteiger partial charge in [0.25, 0.3) is 5.91 Å². The van der Waals surface area contributed by atoms with Crippen molar-refractivity contribution in [3.63, 3.8) is 0 Å². The predicted molar refractivity (Wildman–Crippen MR) is 126 cm³/mol. The molecular weight excluding hydrogens is 485 g/mol. The Morgan fingerprint density at radius 3 is 2.66 bits per heavy atom. The number of thiazole rings is 2. The summed E-state index contributed by atoms with van der Waals surface area (Å²) in [5, 5.41) is 6.13. The number of carbonyl (C=O) groups excluding carboxylic acids is 1. The van der Waals surface area contributed by atoms with Crippen LogP contribution in [0.5, 0.6) is 0 Å². The van der Waals surface area contributed by atoms with Gasteiger partial charge in [-0.1, -0.05) is 35.3 Å². The minimum absolute atomic E-state index is 0.197. The smallest absolute Gasteiger partial charge is 0.267 e. The number of rotatable bonds is 4. The number of anilines is 1. The highest BCUT2D eigenvalue weighted by molar-refractivity contribution is 7.26. The first kappa shape index (κ1) is 19.2. The second-order valence-electron chi connectivity index (χ2n) is 5.88. The molecule has 0 saturated carbocycles. The van der Waals surface area contributed by atoms with Crippen LogP contribution in [-0.4, -0.2) is 15.9 Å². The molecule has 144 valence electrons.